The number of aromatic nitrogens is 2. The molecule has 0 atom stereocenters. The maximum absolute atomic E-state index is 8.94. The van der Waals surface area contributed by atoms with Crippen molar-refractivity contribution in [3.8, 4) is 11.3 Å². The first kappa shape index (κ1) is 11.7. The summed E-state index contributed by atoms with van der Waals surface area (Å²) in [6, 6.07) is 10.2. The van der Waals surface area contributed by atoms with Gasteiger partial charge in [0, 0.05) is 17.7 Å². The van der Waals surface area contributed by atoms with Gasteiger partial charge in [-0.05, 0) is 26.0 Å². The fourth-order valence-corrected chi connectivity index (χ4v) is 1.79. The van der Waals surface area contributed by atoms with Gasteiger partial charge in [-0.3, -0.25) is 0 Å². The maximum Gasteiger partial charge on any atom is 0.131 e. The summed E-state index contributed by atoms with van der Waals surface area (Å²) < 4.78 is 0. The molecule has 1 heterocycles. The third-order valence-electron chi connectivity index (χ3n) is 2.55. The second-order valence-corrected chi connectivity index (χ2v) is 4.15. The largest absolute Gasteiger partial charge is 0.396 e. The molecule has 88 valence electrons. The van der Waals surface area contributed by atoms with Crippen molar-refractivity contribution in [3.63, 3.8) is 0 Å². The predicted molar refractivity (Wildman–Crippen MR) is 67.7 cm³/mol. The SMILES string of the molecule is Cc1cccc(-c2cc(C)nc(CCO)n2)c1. The van der Waals surface area contributed by atoms with E-state index in [0.29, 0.717) is 12.2 Å². The molecule has 3 heteroatoms. The first-order valence-electron chi connectivity index (χ1n) is 5.71. The van der Waals surface area contributed by atoms with E-state index in [0.717, 1.165) is 17.0 Å². The highest BCUT2D eigenvalue weighted by molar-refractivity contribution is 5.60. The standard InChI is InChI=1S/C14H16N2O/c1-10-4-3-5-12(8-10)13-9-11(2)15-14(16-13)6-7-17/h3-5,8-9,17H,6-7H2,1-2H3. The fourth-order valence-electron chi connectivity index (χ4n) is 1.79. The summed E-state index contributed by atoms with van der Waals surface area (Å²) in [5.74, 6) is 0.698. The lowest BCUT2D eigenvalue weighted by molar-refractivity contribution is 0.296. The van der Waals surface area contributed by atoms with Crippen LogP contribution in [-0.2, 0) is 6.42 Å². The molecule has 1 aromatic heterocycles. The summed E-state index contributed by atoms with van der Waals surface area (Å²) in [6.07, 6.45) is 0.500. The summed E-state index contributed by atoms with van der Waals surface area (Å²) in [5, 5.41) is 8.94. The van der Waals surface area contributed by atoms with Crippen molar-refractivity contribution >= 4 is 0 Å². The molecule has 2 aromatic rings. The van der Waals surface area contributed by atoms with E-state index in [4.69, 9.17) is 5.11 Å². The van der Waals surface area contributed by atoms with Gasteiger partial charge in [0.25, 0.3) is 0 Å². The van der Waals surface area contributed by atoms with Gasteiger partial charge >= 0.3 is 0 Å². The van der Waals surface area contributed by atoms with Gasteiger partial charge in [0.05, 0.1) is 12.3 Å². The number of benzene rings is 1. The summed E-state index contributed by atoms with van der Waals surface area (Å²) >= 11 is 0. The van der Waals surface area contributed by atoms with E-state index in [1.807, 2.05) is 25.1 Å². The molecule has 2 rings (SSSR count). The van der Waals surface area contributed by atoms with Crippen molar-refractivity contribution in [1.29, 1.82) is 0 Å². The van der Waals surface area contributed by atoms with Crippen molar-refractivity contribution in [1.82, 2.24) is 9.97 Å². The van der Waals surface area contributed by atoms with Crippen LogP contribution in [0.4, 0.5) is 0 Å². The highest BCUT2D eigenvalue weighted by Gasteiger charge is 2.04. The zero-order valence-corrected chi connectivity index (χ0v) is 10.1. The molecule has 1 aromatic carbocycles. The molecule has 0 aliphatic rings. The minimum Gasteiger partial charge on any atom is -0.396 e. The number of hydrogen-bond donors (Lipinski definition) is 1. The summed E-state index contributed by atoms with van der Waals surface area (Å²) in [5.41, 5.74) is 4.15. The molecule has 0 spiro atoms. The Morgan fingerprint density at radius 1 is 1.12 bits per heavy atom. The molecular formula is C14H16N2O. The number of aliphatic hydroxyl groups excluding tert-OH is 1. The van der Waals surface area contributed by atoms with Crippen LogP contribution in [0.25, 0.3) is 11.3 Å². The third kappa shape index (κ3) is 2.88. The molecule has 0 saturated carbocycles. The summed E-state index contributed by atoms with van der Waals surface area (Å²) in [6.45, 7) is 4.09. The monoisotopic (exact) mass is 228 g/mol. The first-order valence-corrected chi connectivity index (χ1v) is 5.71. The van der Waals surface area contributed by atoms with Crippen LogP contribution in [0.15, 0.2) is 30.3 Å². The van der Waals surface area contributed by atoms with Gasteiger partial charge in [-0.2, -0.15) is 0 Å². The van der Waals surface area contributed by atoms with Gasteiger partial charge in [-0.1, -0.05) is 23.8 Å². The van der Waals surface area contributed by atoms with E-state index >= 15 is 0 Å². The van der Waals surface area contributed by atoms with E-state index in [2.05, 4.69) is 29.0 Å². The fraction of sp³-hybridized carbons (Fsp3) is 0.286. The Morgan fingerprint density at radius 3 is 2.65 bits per heavy atom. The Bertz CT molecular complexity index is 523. The highest BCUT2D eigenvalue weighted by Crippen LogP contribution is 2.19. The van der Waals surface area contributed by atoms with E-state index in [1.54, 1.807) is 0 Å². The van der Waals surface area contributed by atoms with Crippen LogP contribution in [0.1, 0.15) is 17.1 Å². The van der Waals surface area contributed by atoms with Gasteiger partial charge in [-0.25, -0.2) is 9.97 Å². The van der Waals surface area contributed by atoms with Crippen molar-refractivity contribution in [2.45, 2.75) is 20.3 Å². The van der Waals surface area contributed by atoms with Crippen LogP contribution in [0.3, 0.4) is 0 Å². The maximum atomic E-state index is 8.94. The van der Waals surface area contributed by atoms with Crippen LogP contribution in [0, 0.1) is 13.8 Å². The average Bonchev–Trinajstić information content (AvgIpc) is 2.28. The normalized spacial score (nSPS) is 10.5. The molecule has 0 aliphatic carbocycles. The van der Waals surface area contributed by atoms with Gasteiger partial charge < -0.3 is 5.11 Å². The Kier molecular flexibility index (Phi) is 3.49. The smallest absolute Gasteiger partial charge is 0.131 e. The van der Waals surface area contributed by atoms with Crippen molar-refractivity contribution < 1.29 is 5.11 Å². The third-order valence-corrected chi connectivity index (χ3v) is 2.55. The zero-order valence-electron chi connectivity index (χ0n) is 10.1. The Labute approximate surface area is 101 Å². The van der Waals surface area contributed by atoms with Crippen molar-refractivity contribution in [2.24, 2.45) is 0 Å². The second kappa shape index (κ2) is 5.06. The van der Waals surface area contributed by atoms with Gasteiger partial charge in [0.2, 0.25) is 0 Å². The molecule has 17 heavy (non-hydrogen) atoms. The Morgan fingerprint density at radius 2 is 1.94 bits per heavy atom. The predicted octanol–water partition coefficient (Wildman–Crippen LogP) is 2.30. The van der Waals surface area contributed by atoms with Crippen LogP contribution in [0.2, 0.25) is 0 Å². The minimum atomic E-state index is 0.0801. The number of nitrogens with zero attached hydrogens (tertiary/aromatic N) is 2. The van der Waals surface area contributed by atoms with Crippen molar-refractivity contribution in [3.05, 3.63) is 47.4 Å². The number of aliphatic hydroxyl groups is 1. The second-order valence-electron chi connectivity index (χ2n) is 4.15. The summed E-state index contributed by atoms with van der Waals surface area (Å²) in [4.78, 5) is 8.76. The van der Waals surface area contributed by atoms with Crippen LogP contribution < -0.4 is 0 Å². The molecule has 0 radical (unpaired) electrons. The van der Waals surface area contributed by atoms with Crippen LogP contribution in [-0.4, -0.2) is 21.7 Å². The van der Waals surface area contributed by atoms with Crippen LogP contribution >= 0.6 is 0 Å². The first-order chi connectivity index (χ1) is 8.19. The molecule has 0 unspecified atom stereocenters. The minimum absolute atomic E-state index is 0.0801. The topological polar surface area (TPSA) is 46.0 Å². The van der Waals surface area contributed by atoms with E-state index in [1.165, 1.54) is 5.56 Å². The van der Waals surface area contributed by atoms with E-state index < -0.39 is 0 Å². The van der Waals surface area contributed by atoms with E-state index in [-0.39, 0.29) is 6.61 Å². The van der Waals surface area contributed by atoms with E-state index in [9.17, 15) is 0 Å². The lowest BCUT2D eigenvalue weighted by Gasteiger charge is -2.06. The Hall–Kier alpha value is -1.74. The van der Waals surface area contributed by atoms with Crippen LogP contribution in [0.5, 0.6) is 0 Å². The summed E-state index contributed by atoms with van der Waals surface area (Å²) in [7, 11) is 0. The quantitative estimate of drug-likeness (QED) is 0.876. The van der Waals surface area contributed by atoms with Crippen molar-refractivity contribution in [2.75, 3.05) is 6.61 Å². The molecule has 0 fully saturated rings. The molecule has 3 nitrogen and oxygen atoms in total. The number of rotatable bonds is 3. The zero-order chi connectivity index (χ0) is 12.3. The molecule has 0 aliphatic heterocycles. The number of hydrogen-bond acceptors (Lipinski definition) is 3. The van der Waals surface area contributed by atoms with Gasteiger partial charge in [0.1, 0.15) is 5.82 Å². The molecule has 0 bridgehead atoms. The lowest BCUT2D eigenvalue weighted by Crippen LogP contribution is -2.01. The average molecular weight is 228 g/mol. The highest BCUT2D eigenvalue weighted by atomic mass is 16.3. The lowest BCUT2D eigenvalue weighted by atomic mass is 10.1. The molecule has 1 N–H and O–H groups in total. The molecule has 0 amide bonds. The van der Waals surface area contributed by atoms with Gasteiger partial charge in [-0.15, -0.1) is 0 Å². The Balaban J connectivity index is 2.44. The van der Waals surface area contributed by atoms with Gasteiger partial charge in [0.15, 0.2) is 0 Å². The molecule has 0 saturated heterocycles. The molecular weight excluding hydrogens is 212 g/mol. The number of aryl methyl sites for hydroxylation is 2.